The molecule has 0 saturated carbocycles. The maximum Gasteiger partial charge on any atom is 0.437 e. The molecular weight excluding hydrogens is 363 g/mol. The van der Waals surface area contributed by atoms with Crippen LogP contribution in [0.25, 0.3) is 33.7 Å². The van der Waals surface area contributed by atoms with E-state index in [1.807, 2.05) is 12.1 Å². The number of para-hydroxylation sites is 1. The van der Waals surface area contributed by atoms with Crippen molar-refractivity contribution in [2.75, 3.05) is 0 Å². The van der Waals surface area contributed by atoms with Gasteiger partial charge in [0.2, 0.25) is 6.19 Å². The number of halogens is 3. The van der Waals surface area contributed by atoms with Crippen LogP contribution in [0.1, 0.15) is 5.69 Å². The van der Waals surface area contributed by atoms with E-state index in [0.29, 0.717) is 21.4 Å². The topological polar surface area (TPSA) is 102 Å². The summed E-state index contributed by atoms with van der Waals surface area (Å²) in [6.45, 7) is 0. The summed E-state index contributed by atoms with van der Waals surface area (Å²) in [5.41, 5.74) is -0.380. The third kappa shape index (κ3) is 1.96. The Labute approximate surface area is 146 Å². The molecule has 0 bridgehead atoms. The Bertz CT molecular complexity index is 1380. The van der Waals surface area contributed by atoms with Crippen LogP contribution in [0.5, 0.6) is 0 Å². The summed E-state index contributed by atoms with van der Waals surface area (Å²) in [6.07, 6.45) is -0.251. The number of hydrogen-bond donors (Lipinski definition) is 0. The average Bonchev–Trinajstić information content (AvgIpc) is 3.37. The third-order valence-electron chi connectivity index (χ3n) is 4.16. The zero-order valence-corrected chi connectivity index (χ0v) is 13.1. The number of rotatable bonds is 1. The van der Waals surface area contributed by atoms with E-state index in [2.05, 4.69) is 25.5 Å². The van der Waals surface area contributed by atoms with Gasteiger partial charge in [-0.15, -0.1) is 20.0 Å². The standard InChI is InChI=1S/C15H6F3N9/c16-15(17,18)12-11(26(6-19)24-21-12)14-23-22-13-8-3-1-2-4-9(8)25-7-20-5-10(25)27(13)14/h1-5,7H. The molecule has 0 saturated heterocycles. The first-order chi connectivity index (χ1) is 13.0. The van der Waals surface area contributed by atoms with Gasteiger partial charge in [-0.3, -0.25) is 8.80 Å². The molecule has 0 amide bonds. The predicted molar refractivity (Wildman–Crippen MR) is 84.3 cm³/mol. The maximum atomic E-state index is 13.4. The molecule has 0 atom stereocenters. The van der Waals surface area contributed by atoms with Crippen LogP contribution in [0.3, 0.4) is 0 Å². The minimum atomic E-state index is -4.82. The normalized spacial score (nSPS) is 12.2. The summed E-state index contributed by atoms with van der Waals surface area (Å²) in [5.74, 6) is -0.208. The SMILES string of the molecule is N#Cn1nnc(C(F)(F)F)c1-c1nnc2c3ccccc3n3cncc3n12. The second kappa shape index (κ2) is 5.01. The lowest BCUT2D eigenvalue weighted by atomic mass is 10.2. The quantitative estimate of drug-likeness (QED) is 0.449. The molecule has 5 rings (SSSR count). The molecular formula is C15H6F3N9. The van der Waals surface area contributed by atoms with Crippen LogP contribution in [-0.4, -0.2) is 39.0 Å². The lowest BCUT2D eigenvalue weighted by Crippen LogP contribution is -2.10. The van der Waals surface area contributed by atoms with Gasteiger partial charge >= 0.3 is 6.18 Å². The van der Waals surface area contributed by atoms with Gasteiger partial charge in [0, 0.05) is 5.39 Å². The molecule has 5 aromatic rings. The van der Waals surface area contributed by atoms with Crippen LogP contribution in [0.15, 0.2) is 36.8 Å². The van der Waals surface area contributed by atoms with Crippen molar-refractivity contribution in [1.29, 1.82) is 5.26 Å². The third-order valence-corrected chi connectivity index (χ3v) is 4.16. The Balaban J connectivity index is 1.99. The van der Waals surface area contributed by atoms with Gasteiger partial charge in [0.05, 0.1) is 11.7 Å². The Morgan fingerprint density at radius 2 is 1.89 bits per heavy atom. The number of aromatic nitrogens is 8. The average molecular weight is 369 g/mol. The molecule has 0 fully saturated rings. The largest absolute Gasteiger partial charge is 0.437 e. The summed E-state index contributed by atoms with van der Waals surface area (Å²) in [5, 5.41) is 24.2. The molecule has 0 N–H and O–H groups in total. The highest BCUT2D eigenvalue weighted by Gasteiger charge is 2.41. The van der Waals surface area contributed by atoms with E-state index in [-0.39, 0.29) is 5.82 Å². The van der Waals surface area contributed by atoms with Crippen LogP contribution in [0.2, 0.25) is 0 Å². The zero-order valence-electron chi connectivity index (χ0n) is 13.1. The minimum Gasteiger partial charge on any atom is -0.284 e. The van der Waals surface area contributed by atoms with Crippen molar-refractivity contribution < 1.29 is 13.2 Å². The number of alkyl halides is 3. The van der Waals surface area contributed by atoms with Crippen LogP contribution in [-0.2, 0) is 6.18 Å². The van der Waals surface area contributed by atoms with E-state index >= 15 is 0 Å². The van der Waals surface area contributed by atoms with Gasteiger partial charge in [0.15, 0.2) is 22.9 Å². The fraction of sp³-hybridized carbons (Fsp3) is 0.0667. The van der Waals surface area contributed by atoms with Gasteiger partial charge in [0.1, 0.15) is 12.0 Å². The lowest BCUT2D eigenvalue weighted by molar-refractivity contribution is -0.140. The molecule has 132 valence electrons. The lowest BCUT2D eigenvalue weighted by Gasteiger charge is -2.08. The molecule has 27 heavy (non-hydrogen) atoms. The van der Waals surface area contributed by atoms with Gasteiger partial charge < -0.3 is 0 Å². The molecule has 0 aliphatic carbocycles. The number of nitrogens with zero attached hydrogens (tertiary/aromatic N) is 9. The molecule has 9 nitrogen and oxygen atoms in total. The van der Waals surface area contributed by atoms with Crippen molar-refractivity contribution in [2.24, 2.45) is 0 Å². The van der Waals surface area contributed by atoms with Gasteiger partial charge in [0.25, 0.3) is 0 Å². The number of benzene rings is 1. The first-order valence-electron chi connectivity index (χ1n) is 7.52. The second-order valence-corrected chi connectivity index (χ2v) is 5.62. The Morgan fingerprint density at radius 1 is 1.07 bits per heavy atom. The maximum absolute atomic E-state index is 13.4. The highest BCUT2D eigenvalue weighted by atomic mass is 19.4. The van der Waals surface area contributed by atoms with E-state index in [4.69, 9.17) is 0 Å². The van der Waals surface area contributed by atoms with Crippen LogP contribution < -0.4 is 0 Å². The molecule has 1 aromatic carbocycles. The fourth-order valence-corrected chi connectivity index (χ4v) is 3.08. The van der Waals surface area contributed by atoms with Crippen LogP contribution in [0.4, 0.5) is 13.2 Å². The summed E-state index contributed by atoms with van der Waals surface area (Å²) in [6, 6.07) is 7.21. The molecule has 4 heterocycles. The van der Waals surface area contributed by atoms with E-state index in [1.54, 1.807) is 22.7 Å². The fourth-order valence-electron chi connectivity index (χ4n) is 3.08. The molecule has 4 aromatic heterocycles. The van der Waals surface area contributed by atoms with Crippen molar-refractivity contribution in [2.45, 2.75) is 6.18 Å². The highest BCUT2D eigenvalue weighted by molar-refractivity contribution is 5.94. The summed E-state index contributed by atoms with van der Waals surface area (Å²) >= 11 is 0. The first kappa shape index (κ1) is 15.3. The van der Waals surface area contributed by atoms with E-state index in [0.717, 1.165) is 5.52 Å². The van der Waals surface area contributed by atoms with Crippen molar-refractivity contribution in [3.8, 4) is 17.7 Å². The smallest absolute Gasteiger partial charge is 0.284 e. The minimum absolute atomic E-state index is 0.208. The highest BCUT2D eigenvalue weighted by Crippen LogP contribution is 2.35. The number of nitriles is 1. The molecule has 0 spiro atoms. The van der Waals surface area contributed by atoms with E-state index < -0.39 is 17.6 Å². The van der Waals surface area contributed by atoms with Crippen molar-refractivity contribution in [1.82, 2.24) is 39.0 Å². The molecule has 0 aliphatic heterocycles. The Morgan fingerprint density at radius 3 is 2.67 bits per heavy atom. The van der Waals surface area contributed by atoms with Gasteiger partial charge in [-0.1, -0.05) is 17.3 Å². The molecule has 0 unspecified atom stereocenters. The Kier molecular flexibility index (Phi) is 2.83. The van der Waals surface area contributed by atoms with Gasteiger partial charge in [-0.25, -0.2) is 4.98 Å². The number of hydrogen-bond acceptors (Lipinski definition) is 6. The predicted octanol–water partition coefficient (Wildman–Crippen LogP) is 2.14. The Hall–Kier alpha value is -4.01. The van der Waals surface area contributed by atoms with Crippen molar-refractivity contribution in [3.63, 3.8) is 0 Å². The zero-order chi connectivity index (χ0) is 18.8. The first-order valence-corrected chi connectivity index (χ1v) is 7.52. The van der Waals surface area contributed by atoms with Crippen LogP contribution in [0, 0.1) is 11.5 Å². The molecule has 12 heteroatoms. The van der Waals surface area contributed by atoms with Gasteiger partial charge in [-0.05, 0) is 12.1 Å². The number of imidazole rings is 1. The van der Waals surface area contributed by atoms with E-state index in [9.17, 15) is 18.4 Å². The van der Waals surface area contributed by atoms with Crippen LogP contribution >= 0.6 is 0 Å². The molecule has 0 aliphatic rings. The van der Waals surface area contributed by atoms with Gasteiger partial charge in [-0.2, -0.15) is 18.4 Å². The van der Waals surface area contributed by atoms with E-state index in [1.165, 1.54) is 16.9 Å². The summed E-state index contributed by atoms with van der Waals surface area (Å²) < 4.78 is 43.8. The summed E-state index contributed by atoms with van der Waals surface area (Å²) in [7, 11) is 0. The van der Waals surface area contributed by atoms with Crippen molar-refractivity contribution >= 4 is 22.2 Å². The summed E-state index contributed by atoms with van der Waals surface area (Å²) in [4.78, 5) is 4.08. The molecule has 0 radical (unpaired) electrons. The number of fused-ring (bicyclic) bond motifs is 6. The van der Waals surface area contributed by atoms with Crippen molar-refractivity contribution in [3.05, 3.63) is 42.5 Å². The second-order valence-electron chi connectivity index (χ2n) is 5.62. The monoisotopic (exact) mass is 369 g/mol.